The zero-order chi connectivity index (χ0) is 6.28. The highest BCUT2D eigenvalue weighted by Gasteiger charge is 1.58. The van der Waals surface area contributed by atoms with Crippen molar-refractivity contribution in [3.63, 3.8) is 0 Å². The monoisotopic (exact) mass is 99.1 g/mol. The first kappa shape index (κ1) is 9.70. The average molecular weight is 99.2 g/mol. The minimum absolute atomic E-state index is 2.00. The van der Waals surface area contributed by atoms with E-state index in [-0.39, 0.29) is 0 Å². The van der Waals surface area contributed by atoms with Crippen molar-refractivity contribution in [2.24, 2.45) is 0 Å². The summed E-state index contributed by atoms with van der Waals surface area (Å²) in [6.07, 6.45) is 0. The van der Waals surface area contributed by atoms with Crippen LogP contribution in [0.5, 0.6) is 0 Å². The summed E-state index contributed by atoms with van der Waals surface area (Å²) in [7, 11) is 6.00. The zero-order valence-electron chi connectivity index (χ0n) is 5.36. The van der Waals surface area contributed by atoms with Crippen molar-refractivity contribution in [2.75, 3.05) is 21.1 Å². The lowest BCUT2D eigenvalue weighted by atomic mass is 11.0. The van der Waals surface area contributed by atoms with E-state index in [1.807, 2.05) is 26.0 Å². The van der Waals surface area contributed by atoms with Crippen LogP contribution in [0.4, 0.5) is 0 Å². The standard InChI is InChI=1S/C3H9N.C3H4/c1-4(2)3;1-3-2/h1-3H3;1-2H2. The number of rotatable bonds is 0. The molecule has 0 aromatic rings. The molecule has 1 heteroatoms. The van der Waals surface area contributed by atoms with Gasteiger partial charge in [-0.25, -0.2) is 0 Å². The molecule has 0 aliphatic heterocycles. The Kier molecular flexibility index (Phi) is 12.6. The Morgan fingerprint density at radius 1 is 1.14 bits per heavy atom. The fraction of sp³-hybridized carbons (Fsp3) is 0.500. The molecule has 0 atom stereocenters. The summed E-state index contributed by atoms with van der Waals surface area (Å²) in [5.41, 5.74) is 2.25. The lowest BCUT2D eigenvalue weighted by molar-refractivity contribution is 0.505. The quantitative estimate of drug-likeness (QED) is 0.411. The zero-order valence-corrected chi connectivity index (χ0v) is 5.36. The van der Waals surface area contributed by atoms with Gasteiger partial charge in [0.2, 0.25) is 0 Å². The van der Waals surface area contributed by atoms with Gasteiger partial charge in [0.25, 0.3) is 0 Å². The molecule has 0 aromatic carbocycles. The van der Waals surface area contributed by atoms with Crippen LogP contribution in [0.1, 0.15) is 0 Å². The van der Waals surface area contributed by atoms with Gasteiger partial charge in [-0.05, 0) is 21.1 Å². The summed E-state index contributed by atoms with van der Waals surface area (Å²) in [6, 6.07) is 0. The van der Waals surface area contributed by atoms with E-state index < -0.39 is 0 Å². The third kappa shape index (κ3) is 245. The van der Waals surface area contributed by atoms with E-state index in [0.717, 1.165) is 0 Å². The second kappa shape index (κ2) is 9.08. The molecular weight excluding hydrogens is 86.1 g/mol. The second-order valence-electron chi connectivity index (χ2n) is 1.59. The molecule has 0 amide bonds. The average Bonchev–Trinajstić information content (AvgIpc) is 1.33. The van der Waals surface area contributed by atoms with Crippen molar-refractivity contribution in [3.05, 3.63) is 18.9 Å². The van der Waals surface area contributed by atoms with Crippen LogP contribution in [0.2, 0.25) is 0 Å². The van der Waals surface area contributed by atoms with Gasteiger partial charge in [0.1, 0.15) is 0 Å². The van der Waals surface area contributed by atoms with Crippen LogP contribution < -0.4 is 0 Å². The van der Waals surface area contributed by atoms with Crippen LogP contribution in [-0.2, 0) is 0 Å². The Hall–Kier alpha value is -0.520. The van der Waals surface area contributed by atoms with Crippen molar-refractivity contribution in [2.45, 2.75) is 0 Å². The lowest BCUT2D eigenvalue weighted by Gasteiger charge is -1.90. The topological polar surface area (TPSA) is 3.24 Å². The SMILES string of the molecule is C=C=C.CN(C)C. The molecule has 0 spiro atoms. The van der Waals surface area contributed by atoms with Gasteiger partial charge in [-0.3, -0.25) is 0 Å². The molecule has 0 aromatic heterocycles. The van der Waals surface area contributed by atoms with E-state index in [1.54, 1.807) is 0 Å². The summed E-state index contributed by atoms with van der Waals surface area (Å²) < 4.78 is 0. The fourth-order valence-electron chi connectivity index (χ4n) is 0. The first-order valence-corrected chi connectivity index (χ1v) is 2.05. The van der Waals surface area contributed by atoms with Gasteiger partial charge in [-0.1, -0.05) is 13.2 Å². The molecule has 1 nitrogen and oxygen atoms in total. The molecule has 0 unspecified atom stereocenters. The minimum atomic E-state index is 2.00. The minimum Gasteiger partial charge on any atom is -0.312 e. The Bertz CT molecular complexity index is 46.4. The van der Waals surface area contributed by atoms with Crippen molar-refractivity contribution < 1.29 is 0 Å². The molecule has 0 aliphatic rings. The van der Waals surface area contributed by atoms with Crippen molar-refractivity contribution in [3.8, 4) is 0 Å². The van der Waals surface area contributed by atoms with Gasteiger partial charge in [0.15, 0.2) is 0 Å². The van der Waals surface area contributed by atoms with Crippen molar-refractivity contribution in [1.29, 1.82) is 0 Å². The summed E-state index contributed by atoms with van der Waals surface area (Å²) in [5.74, 6) is 0. The largest absolute Gasteiger partial charge is 0.312 e. The maximum absolute atomic E-state index is 3.12. The highest BCUT2D eigenvalue weighted by molar-refractivity contribution is 4.51. The van der Waals surface area contributed by atoms with Gasteiger partial charge in [-0.15, -0.1) is 5.73 Å². The Morgan fingerprint density at radius 3 is 1.14 bits per heavy atom. The Morgan fingerprint density at radius 2 is 1.14 bits per heavy atom. The molecular formula is C6H13N. The molecule has 0 bridgehead atoms. The fourth-order valence-corrected chi connectivity index (χ4v) is 0. The van der Waals surface area contributed by atoms with Crippen LogP contribution >= 0.6 is 0 Å². The Balaban J connectivity index is 0. The first-order valence-electron chi connectivity index (χ1n) is 2.05. The summed E-state index contributed by atoms with van der Waals surface area (Å²) >= 11 is 0. The molecule has 42 valence electrons. The van der Waals surface area contributed by atoms with Gasteiger partial charge in [-0.2, -0.15) is 0 Å². The van der Waals surface area contributed by atoms with Crippen molar-refractivity contribution in [1.82, 2.24) is 4.90 Å². The molecule has 0 radical (unpaired) electrons. The van der Waals surface area contributed by atoms with Crippen molar-refractivity contribution >= 4 is 0 Å². The van der Waals surface area contributed by atoms with Crippen LogP contribution in [0.25, 0.3) is 0 Å². The second-order valence-corrected chi connectivity index (χ2v) is 1.59. The Labute approximate surface area is 46.0 Å². The molecule has 0 fully saturated rings. The maximum Gasteiger partial charge on any atom is -0.0140 e. The normalized spacial score (nSPS) is 6.29. The molecule has 0 N–H and O–H groups in total. The van der Waals surface area contributed by atoms with Crippen LogP contribution in [0.3, 0.4) is 0 Å². The molecule has 0 aliphatic carbocycles. The number of hydrogen-bond donors (Lipinski definition) is 0. The molecule has 0 heterocycles. The maximum atomic E-state index is 3.12. The smallest absolute Gasteiger partial charge is 0.0140 e. The molecule has 0 saturated heterocycles. The predicted octanol–water partition coefficient (Wildman–Crippen LogP) is 1.14. The van der Waals surface area contributed by atoms with E-state index in [2.05, 4.69) is 18.9 Å². The van der Waals surface area contributed by atoms with Crippen LogP contribution in [-0.4, -0.2) is 26.0 Å². The van der Waals surface area contributed by atoms with E-state index in [4.69, 9.17) is 0 Å². The third-order valence-corrected chi connectivity index (χ3v) is 0. The molecule has 0 saturated carbocycles. The van der Waals surface area contributed by atoms with Gasteiger partial charge < -0.3 is 4.90 Å². The third-order valence-electron chi connectivity index (χ3n) is 0. The van der Waals surface area contributed by atoms with Gasteiger partial charge in [0.05, 0.1) is 0 Å². The van der Waals surface area contributed by atoms with Crippen LogP contribution in [0.15, 0.2) is 18.9 Å². The van der Waals surface area contributed by atoms with E-state index in [1.165, 1.54) is 0 Å². The van der Waals surface area contributed by atoms with Gasteiger partial charge >= 0.3 is 0 Å². The molecule has 7 heavy (non-hydrogen) atoms. The predicted molar refractivity (Wildman–Crippen MR) is 34.4 cm³/mol. The highest BCUT2D eigenvalue weighted by atomic mass is 15.0. The summed E-state index contributed by atoms with van der Waals surface area (Å²) in [4.78, 5) is 2.00. The lowest BCUT2D eigenvalue weighted by Crippen LogP contribution is -1.99. The summed E-state index contributed by atoms with van der Waals surface area (Å²) in [6.45, 7) is 6.25. The summed E-state index contributed by atoms with van der Waals surface area (Å²) in [5, 5.41) is 0. The van der Waals surface area contributed by atoms with Gasteiger partial charge in [0, 0.05) is 0 Å². The van der Waals surface area contributed by atoms with E-state index in [0.29, 0.717) is 0 Å². The number of hydrogen-bond acceptors (Lipinski definition) is 1. The first-order chi connectivity index (χ1) is 3.15. The highest BCUT2D eigenvalue weighted by Crippen LogP contribution is 1.47. The number of nitrogens with zero attached hydrogens (tertiary/aromatic N) is 1. The van der Waals surface area contributed by atoms with Crippen LogP contribution in [0, 0.1) is 0 Å². The molecule has 0 rings (SSSR count). The van der Waals surface area contributed by atoms with E-state index in [9.17, 15) is 0 Å². The van der Waals surface area contributed by atoms with E-state index >= 15 is 0 Å².